The number of hydrogen-bond acceptors (Lipinski definition) is 4. The summed E-state index contributed by atoms with van der Waals surface area (Å²) in [6.07, 6.45) is 0.841. The van der Waals surface area contributed by atoms with E-state index in [1.54, 1.807) is 0 Å². The molecule has 5 nitrogen and oxygen atoms in total. The Balaban J connectivity index is 1.04. The molecule has 68 heavy (non-hydrogen) atoms. The van der Waals surface area contributed by atoms with E-state index in [1.807, 2.05) is 0 Å². The van der Waals surface area contributed by atoms with Crippen LogP contribution in [-0.2, 0) is 17.3 Å². The van der Waals surface area contributed by atoms with Gasteiger partial charge < -0.3 is 23.0 Å². The van der Waals surface area contributed by atoms with Crippen molar-refractivity contribution >= 4 is 116 Å². The molecule has 0 N–H and O–H groups in total. The van der Waals surface area contributed by atoms with E-state index in [4.69, 9.17) is 8.83 Å². The van der Waals surface area contributed by atoms with Crippen LogP contribution in [0.3, 0.4) is 0 Å². The van der Waals surface area contributed by atoms with Gasteiger partial charge in [-0.2, -0.15) is 0 Å². The zero-order valence-electron chi connectivity index (χ0n) is 39.1. The monoisotopic (exact) mass is 879 g/mol. The fraction of sp³-hybridized carbons (Fsp3) is 0.143. The first-order valence-electron chi connectivity index (χ1n) is 23.9. The molecule has 5 heteroatoms. The fourth-order valence-electron chi connectivity index (χ4n) is 11.8. The minimum absolute atomic E-state index is 0.0570. The molecule has 9 aromatic carbocycles. The molecule has 0 saturated carbocycles. The van der Waals surface area contributed by atoms with Crippen molar-refractivity contribution in [2.45, 2.75) is 58.8 Å². The minimum Gasteiger partial charge on any atom is -0.456 e. The lowest BCUT2D eigenvalue weighted by Gasteiger charge is -2.29. The average Bonchev–Trinajstić information content (AvgIpc) is 4.11. The van der Waals surface area contributed by atoms with E-state index in [2.05, 4.69) is 232 Å². The van der Waals surface area contributed by atoms with Crippen molar-refractivity contribution in [3.8, 4) is 0 Å². The molecule has 5 heterocycles. The van der Waals surface area contributed by atoms with Gasteiger partial charge in [-0.25, -0.2) is 0 Å². The first kappa shape index (κ1) is 39.2. The van der Waals surface area contributed by atoms with Gasteiger partial charge in [-0.15, -0.1) is 0 Å². The first-order valence-corrected chi connectivity index (χ1v) is 23.9. The SMILES string of the molecule is CC(C)(C)c1cccc2c1oc1c(N(c3ccccc3)c3ccc4c5c3c3cccc6c7c(N(c8ccccc8)c8ccc9oc%10cccc(C(C)(C)C)c%10c9c8)ccc(c7n5c63)C4)cccc12. The number of hydrogen-bond donors (Lipinski definition) is 0. The maximum atomic E-state index is 7.09. The highest BCUT2D eigenvalue weighted by atomic mass is 16.3. The number of anilines is 6. The molecule has 328 valence electrons. The van der Waals surface area contributed by atoms with Crippen LogP contribution in [0.25, 0.3) is 82.0 Å². The average molecular weight is 880 g/mol. The van der Waals surface area contributed by atoms with Crippen molar-refractivity contribution in [1.82, 2.24) is 4.40 Å². The van der Waals surface area contributed by atoms with Gasteiger partial charge in [-0.05, 0) is 94.3 Å². The smallest absolute Gasteiger partial charge is 0.159 e. The molecule has 0 spiro atoms. The number of rotatable bonds is 6. The summed E-state index contributed by atoms with van der Waals surface area (Å²) < 4.78 is 16.2. The fourth-order valence-corrected chi connectivity index (χ4v) is 11.8. The Hall–Kier alpha value is -8.02. The van der Waals surface area contributed by atoms with Crippen LogP contribution in [0.2, 0.25) is 0 Å². The van der Waals surface area contributed by atoms with Crippen molar-refractivity contribution < 1.29 is 8.83 Å². The molecule has 0 unspecified atom stereocenters. The quantitative estimate of drug-likeness (QED) is 0.167. The third-order valence-electron chi connectivity index (χ3n) is 14.7. The van der Waals surface area contributed by atoms with Crippen LogP contribution in [0.1, 0.15) is 63.8 Å². The van der Waals surface area contributed by atoms with Crippen LogP contribution >= 0.6 is 0 Å². The highest BCUT2D eigenvalue weighted by Crippen LogP contribution is 2.54. The van der Waals surface area contributed by atoms with Gasteiger partial charge in [0.15, 0.2) is 5.58 Å². The molecule has 1 aliphatic heterocycles. The van der Waals surface area contributed by atoms with Gasteiger partial charge in [0, 0.05) is 72.1 Å². The summed E-state index contributed by atoms with van der Waals surface area (Å²) in [6, 6.07) is 64.4. The molecule has 14 rings (SSSR count). The Labute approximate surface area is 394 Å². The molecule has 0 bridgehead atoms. The number of fused-ring (bicyclic) bond motifs is 8. The van der Waals surface area contributed by atoms with Crippen LogP contribution in [0.4, 0.5) is 34.1 Å². The minimum atomic E-state index is -0.0820. The van der Waals surface area contributed by atoms with E-state index >= 15 is 0 Å². The summed E-state index contributed by atoms with van der Waals surface area (Å²) in [4.78, 5) is 4.89. The Kier molecular flexibility index (Phi) is 7.93. The van der Waals surface area contributed by atoms with E-state index < -0.39 is 0 Å². The Morgan fingerprint density at radius 2 is 0.941 bits per heavy atom. The molecule has 0 atom stereocenters. The molecule has 13 aromatic rings. The lowest BCUT2D eigenvalue weighted by Crippen LogP contribution is -2.13. The lowest BCUT2D eigenvalue weighted by atomic mass is 9.84. The van der Waals surface area contributed by atoms with E-state index in [0.717, 1.165) is 79.0 Å². The summed E-state index contributed by atoms with van der Waals surface area (Å²) in [5, 5.41) is 9.58. The van der Waals surface area contributed by atoms with Crippen LogP contribution < -0.4 is 9.80 Å². The van der Waals surface area contributed by atoms with Crippen molar-refractivity contribution in [1.29, 1.82) is 0 Å². The van der Waals surface area contributed by atoms with E-state index in [1.165, 1.54) is 65.7 Å². The standard InChI is InChI=1S/C63H49N3O2/c1-62(2,3)47-25-16-28-53-54(47)46-36-41(31-34-52(46)67-53)64(39-17-9-7-10-18-39)49-32-29-37-35-38-30-33-50(56-45-24-13-23-44-55(49)57(37)66(58(38)56)59(44)45)65(40-19-11-8-12-20-40)51-27-15-22-43-42-21-14-26-48(63(4,5)6)60(42)68-61(43)51/h7-34,36H,35H2,1-6H3. The van der Waals surface area contributed by atoms with Gasteiger partial charge in [0.1, 0.15) is 16.7 Å². The van der Waals surface area contributed by atoms with Crippen LogP contribution in [0.15, 0.2) is 185 Å². The zero-order valence-corrected chi connectivity index (χ0v) is 39.1. The number of aromatic nitrogens is 1. The third-order valence-corrected chi connectivity index (χ3v) is 14.7. The molecule has 0 amide bonds. The van der Waals surface area contributed by atoms with E-state index in [-0.39, 0.29) is 10.8 Å². The first-order chi connectivity index (χ1) is 33.0. The summed E-state index contributed by atoms with van der Waals surface area (Å²) >= 11 is 0. The summed E-state index contributed by atoms with van der Waals surface area (Å²) in [6.45, 7) is 13.6. The number of benzene rings is 9. The second-order valence-corrected chi connectivity index (χ2v) is 20.9. The predicted molar refractivity (Wildman–Crippen MR) is 285 cm³/mol. The largest absolute Gasteiger partial charge is 0.456 e. The number of nitrogens with zero attached hydrogens (tertiary/aromatic N) is 3. The Morgan fingerprint density at radius 1 is 0.382 bits per heavy atom. The maximum Gasteiger partial charge on any atom is 0.159 e. The molecular formula is C63H49N3O2. The molecular weight excluding hydrogens is 831 g/mol. The normalized spacial score (nSPS) is 13.1. The molecule has 0 saturated heterocycles. The Bertz CT molecular complexity index is 4200. The highest BCUT2D eigenvalue weighted by molar-refractivity contribution is 6.30. The number of para-hydroxylation sites is 5. The third kappa shape index (κ3) is 5.38. The molecule has 0 fully saturated rings. The molecule has 4 aromatic heterocycles. The van der Waals surface area contributed by atoms with Crippen LogP contribution in [0, 0.1) is 0 Å². The number of furan rings is 2. The van der Waals surface area contributed by atoms with Crippen molar-refractivity contribution in [2.24, 2.45) is 0 Å². The summed E-state index contributed by atoms with van der Waals surface area (Å²) in [7, 11) is 0. The highest BCUT2D eigenvalue weighted by Gasteiger charge is 2.32. The Morgan fingerprint density at radius 3 is 1.60 bits per heavy atom. The maximum absolute atomic E-state index is 7.09. The van der Waals surface area contributed by atoms with Gasteiger partial charge in [-0.3, -0.25) is 0 Å². The van der Waals surface area contributed by atoms with Gasteiger partial charge >= 0.3 is 0 Å². The van der Waals surface area contributed by atoms with Gasteiger partial charge in [0.2, 0.25) is 0 Å². The van der Waals surface area contributed by atoms with Crippen LogP contribution in [0.5, 0.6) is 0 Å². The van der Waals surface area contributed by atoms with E-state index in [0.29, 0.717) is 0 Å². The van der Waals surface area contributed by atoms with E-state index in [9.17, 15) is 0 Å². The predicted octanol–water partition coefficient (Wildman–Crippen LogP) is 18.1. The van der Waals surface area contributed by atoms with Crippen molar-refractivity contribution in [3.63, 3.8) is 0 Å². The molecule has 0 aliphatic carbocycles. The van der Waals surface area contributed by atoms with Crippen LogP contribution in [-0.4, -0.2) is 4.40 Å². The summed E-state index contributed by atoms with van der Waals surface area (Å²) in [5.74, 6) is 0. The van der Waals surface area contributed by atoms with Crippen molar-refractivity contribution in [2.75, 3.05) is 9.80 Å². The van der Waals surface area contributed by atoms with Gasteiger partial charge in [0.05, 0.1) is 33.6 Å². The van der Waals surface area contributed by atoms with Gasteiger partial charge in [0.25, 0.3) is 0 Å². The summed E-state index contributed by atoms with van der Waals surface area (Å²) in [5.41, 5.74) is 19.1. The molecule has 1 aliphatic rings. The lowest BCUT2D eigenvalue weighted by molar-refractivity contribution is 0.573. The van der Waals surface area contributed by atoms with Crippen molar-refractivity contribution in [3.05, 3.63) is 198 Å². The zero-order chi connectivity index (χ0) is 45.8. The second kappa shape index (κ2) is 13.8. The van der Waals surface area contributed by atoms with Gasteiger partial charge in [-0.1, -0.05) is 151 Å². The second-order valence-electron chi connectivity index (χ2n) is 20.9. The topological polar surface area (TPSA) is 37.2 Å². The molecule has 0 radical (unpaired) electrons.